The molecule has 4 rings (SSSR count). The van der Waals surface area contributed by atoms with E-state index in [1.807, 2.05) is 31.2 Å². The van der Waals surface area contributed by atoms with Crippen LogP contribution in [0.15, 0.2) is 35.0 Å². The van der Waals surface area contributed by atoms with Crippen molar-refractivity contribution < 1.29 is 9.26 Å². The molecule has 1 aliphatic carbocycles. The molecule has 0 saturated heterocycles. The van der Waals surface area contributed by atoms with Gasteiger partial charge in [-0.2, -0.15) is 5.10 Å². The highest BCUT2D eigenvalue weighted by molar-refractivity contribution is 6.33. The predicted octanol–water partition coefficient (Wildman–Crippen LogP) is 4.62. The van der Waals surface area contributed by atoms with Crippen LogP contribution in [-0.4, -0.2) is 21.5 Å². The summed E-state index contributed by atoms with van der Waals surface area (Å²) in [5, 5.41) is 11.9. The van der Waals surface area contributed by atoms with Gasteiger partial charge in [0.2, 0.25) is 0 Å². The van der Waals surface area contributed by atoms with E-state index in [2.05, 4.69) is 22.3 Å². The Balaban J connectivity index is 1.77. The minimum absolute atomic E-state index is 0.317. The number of hydrogen-bond donors (Lipinski definition) is 1. The van der Waals surface area contributed by atoms with E-state index < -0.39 is 0 Å². The third kappa shape index (κ3) is 2.74. The van der Waals surface area contributed by atoms with Crippen molar-refractivity contribution in [1.29, 1.82) is 0 Å². The van der Waals surface area contributed by atoms with E-state index in [0.717, 1.165) is 34.5 Å². The molecule has 3 aromatic rings. The number of halogens is 1. The average Bonchev–Trinajstić information content (AvgIpc) is 2.95. The first kappa shape index (κ1) is 15.4. The van der Waals surface area contributed by atoms with Crippen LogP contribution in [0.4, 0.5) is 0 Å². The van der Waals surface area contributed by atoms with Gasteiger partial charge in [0.05, 0.1) is 35.1 Å². The fraction of sp³-hybridized carbons (Fsp3) is 0.333. The summed E-state index contributed by atoms with van der Waals surface area (Å²) in [7, 11) is 0. The van der Waals surface area contributed by atoms with E-state index in [1.165, 1.54) is 0 Å². The Kier molecular flexibility index (Phi) is 3.90. The molecular formula is C18H18ClN3O2. The molecule has 124 valence electrons. The number of benzene rings is 1. The molecule has 0 aliphatic heterocycles. The molecule has 0 spiro atoms. The minimum atomic E-state index is 0.317. The summed E-state index contributed by atoms with van der Waals surface area (Å²) in [6.45, 7) is 4.58. The van der Waals surface area contributed by atoms with Gasteiger partial charge >= 0.3 is 0 Å². The Bertz CT molecular complexity index is 871. The zero-order chi connectivity index (χ0) is 16.7. The van der Waals surface area contributed by atoms with Gasteiger partial charge in [0.1, 0.15) is 5.69 Å². The molecule has 1 saturated carbocycles. The lowest BCUT2D eigenvalue weighted by Crippen LogP contribution is -1.99. The molecule has 24 heavy (non-hydrogen) atoms. The van der Waals surface area contributed by atoms with Gasteiger partial charge in [-0.15, -0.1) is 0 Å². The normalized spacial score (nSPS) is 19.6. The van der Waals surface area contributed by atoms with Crippen molar-refractivity contribution in [2.24, 2.45) is 5.92 Å². The largest absolute Gasteiger partial charge is 0.373 e. The molecule has 0 amide bonds. The summed E-state index contributed by atoms with van der Waals surface area (Å²) >= 11 is 6.35. The quantitative estimate of drug-likeness (QED) is 0.734. The van der Waals surface area contributed by atoms with Gasteiger partial charge in [0.25, 0.3) is 0 Å². The molecule has 0 radical (unpaired) electrons. The van der Waals surface area contributed by atoms with Crippen LogP contribution in [0, 0.1) is 12.8 Å². The van der Waals surface area contributed by atoms with E-state index >= 15 is 0 Å². The van der Waals surface area contributed by atoms with Crippen LogP contribution in [0.5, 0.6) is 0 Å². The number of aromatic amines is 1. The Hall–Kier alpha value is -2.11. The number of aryl methyl sites for hydroxylation is 1. The molecule has 6 heteroatoms. The Morgan fingerprint density at radius 3 is 2.79 bits per heavy atom. The summed E-state index contributed by atoms with van der Waals surface area (Å²) in [4.78, 5) is 0. The second kappa shape index (κ2) is 6.07. The number of rotatable bonds is 5. The van der Waals surface area contributed by atoms with Crippen LogP contribution in [0.2, 0.25) is 5.02 Å². The van der Waals surface area contributed by atoms with Crippen molar-refractivity contribution in [2.75, 3.05) is 0 Å². The maximum Gasteiger partial charge on any atom is 0.176 e. The van der Waals surface area contributed by atoms with Gasteiger partial charge < -0.3 is 9.26 Å². The van der Waals surface area contributed by atoms with E-state index in [4.69, 9.17) is 20.9 Å². The molecule has 5 nitrogen and oxygen atoms in total. The van der Waals surface area contributed by atoms with Crippen LogP contribution in [0.25, 0.3) is 22.6 Å². The third-order valence-electron chi connectivity index (χ3n) is 4.47. The Morgan fingerprint density at radius 1 is 1.33 bits per heavy atom. The molecular weight excluding hydrogens is 326 g/mol. The second-order valence-corrected chi connectivity index (χ2v) is 6.70. The summed E-state index contributed by atoms with van der Waals surface area (Å²) in [5.41, 5.74) is 4.30. The minimum Gasteiger partial charge on any atom is -0.373 e. The number of hydrogen-bond acceptors (Lipinski definition) is 4. The van der Waals surface area contributed by atoms with Crippen LogP contribution >= 0.6 is 11.6 Å². The van der Waals surface area contributed by atoms with Crippen molar-refractivity contribution in [3.63, 3.8) is 0 Å². The number of nitrogens with zero attached hydrogens (tertiary/aromatic N) is 2. The maximum atomic E-state index is 6.35. The van der Waals surface area contributed by atoms with Crippen LogP contribution in [-0.2, 0) is 11.3 Å². The van der Waals surface area contributed by atoms with Crippen molar-refractivity contribution in [1.82, 2.24) is 15.4 Å². The summed E-state index contributed by atoms with van der Waals surface area (Å²) in [6.07, 6.45) is 3.17. The fourth-order valence-corrected chi connectivity index (χ4v) is 3.04. The molecule has 0 bridgehead atoms. The van der Waals surface area contributed by atoms with Gasteiger partial charge in [-0.1, -0.05) is 41.9 Å². The van der Waals surface area contributed by atoms with E-state index in [0.29, 0.717) is 29.4 Å². The Labute approximate surface area is 145 Å². The lowest BCUT2D eigenvalue weighted by molar-refractivity contribution is 0.0973. The Morgan fingerprint density at radius 2 is 2.12 bits per heavy atom. The summed E-state index contributed by atoms with van der Waals surface area (Å²) < 4.78 is 11.7. The fourth-order valence-electron chi connectivity index (χ4n) is 2.81. The topological polar surface area (TPSA) is 63.9 Å². The number of aromatic nitrogens is 3. The molecule has 1 aromatic carbocycles. The highest BCUT2D eigenvalue weighted by Gasteiger charge is 2.34. The molecule has 2 aromatic heterocycles. The van der Waals surface area contributed by atoms with E-state index in [-0.39, 0.29) is 0 Å². The van der Waals surface area contributed by atoms with E-state index in [1.54, 1.807) is 6.20 Å². The van der Waals surface area contributed by atoms with Crippen molar-refractivity contribution in [3.05, 3.63) is 46.7 Å². The van der Waals surface area contributed by atoms with Crippen LogP contribution in [0.1, 0.15) is 24.6 Å². The second-order valence-electron chi connectivity index (χ2n) is 6.29. The average molecular weight is 344 g/mol. The monoisotopic (exact) mass is 343 g/mol. The van der Waals surface area contributed by atoms with Gasteiger partial charge in [0.15, 0.2) is 5.76 Å². The highest BCUT2D eigenvalue weighted by Crippen LogP contribution is 2.39. The van der Waals surface area contributed by atoms with Crippen molar-refractivity contribution >= 4 is 11.6 Å². The first-order valence-electron chi connectivity index (χ1n) is 8.00. The first-order chi connectivity index (χ1) is 11.6. The first-order valence-corrected chi connectivity index (χ1v) is 8.38. The molecule has 1 N–H and O–H groups in total. The summed E-state index contributed by atoms with van der Waals surface area (Å²) in [5.74, 6) is 1.30. The van der Waals surface area contributed by atoms with Gasteiger partial charge in [0, 0.05) is 11.3 Å². The zero-order valence-electron chi connectivity index (χ0n) is 13.5. The molecule has 2 heterocycles. The molecule has 2 atom stereocenters. The number of H-pyrrole nitrogens is 1. The zero-order valence-corrected chi connectivity index (χ0v) is 14.3. The van der Waals surface area contributed by atoms with Crippen LogP contribution < -0.4 is 0 Å². The van der Waals surface area contributed by atoms with Crippen molar-refractivity contribution in [2.45, 2.75) is 33.0 Å². The number of nitrogens with one attached hydrogen (secondary N) is 1. The van der Waals surface area contributed by atoms with Gasteiger partial charge in [-0.25, -0.2) is 0 Å². The maximum absolute atomic E-state index is 6.35. The molecule has 2 unspecified atom stereocenters. The van der Waals surface area contributed by atoms with E-state index in [9.17, 15) is 0 Å². The van der Waals surface area contributed by atoms with Gasteiger partial charge in [-0.3, -0.25) is 5.10 Å². The van der Waals surface area contributed by atoms with Gasteiger partial charge in [-0.05, 0) is 25.3 Å². The predicted molar refractivity (Wildman–Crippen MR) is 91.6 cm³/mol. The smallest absolute Gasteiger partial charge is 0.176 e. The highest BCUT2D eigenvalue weighted by atomic mass is 35.5. The lowest BCUT2D eigenvalue weighted by atomic mass is 10.0. The van der Waals surface area contributed by atoms with Crippen molar-refractivity contribution in [3.8, 4) is 22.6 Å². The number of ether oxygens (including phenoxy) is 1. The third-order valence-corrected chi connectivity index (χ3v) is 4.80. The van der Waals surface area contributed by atoms with Crippen LogP contribution in [0.3, 0.4) is 0 Å². The molecule has 1 fully saturated rings. The SMILES string of the molecule is Cc1[nH]ncc1-c1onc(-c2ccccc2Cl)c1COC1CC1C. The lowest BCUT2D eigenvalue weighted by Gasteiger charge is -2.06. The molecule has 1 aliphatic rings. The summed E-state index contributed by atoms with van der Waals surface area (Å²) in [6, 6.07) is 7.62. The standard InChI is InChI=1S/C18H18ClN3O2/c1-10-7-16(10)23-9-14-17(12-5-3-4-6-15(12)19)22-24-18(14)13-8-20-21-11(13)2/h3-6,8,10,16H,7,9H2,1-2H3,(H,20,21).